The van der Waals surface area contributed by atoms with Crippen molar-refractivity contribution in [2.75, 3.05) is 18.0 Å². The Morgan fingerprint density at radius 2 is 1.90 bits per heavy atom. The number of rotatable bonds is 7. The van der Waals surface area contributed by atoms with Crippen LogP contribution in [-0.2, 0) is 21.2 Å². The standard InChI is InChI=1S/C23H24N2O4S2/c1-25(31(27,28)23-10-5-15-30-23)18-11-13-19(14-12-18)29-16-22(26)24-21-9-4-7-17-6-2-3-8-20(17)21/h2-3,5-6,8,10-15,21H,4,7,9,16H2,1H3,(H,24,26). The molecule has 31 heavy (non-hydrogen) atoms. The van der Waals surface area contributed by atoms with E-state index in [1.54, 1.807) is 41.8 Å². The van der Waals surface area contributed by atoms with Gasteiger partial charge in [-0.1, -0.05) is 30.3 Å². The number of nitrogens with zero attached hydrogens (tertiary/aromatic N) is 1. The van der Waals surface area contributed by atoms with Crippen LogP contribution in [-0.4, -0.2) is 28.0 Å². The molecular formula is C23H24N2O4S2. The Morgan fingerprint density at radius 3 is 2.65 bits per heavy atom. The van der Waals surface area contributed by atoms with E-state index in [0.717, 1.165) is 19.3 Å². The van der Waals surface area contributed by atoms with Gasteiger partial charge in [0.1, 0.15) is 9.96 Å². The van der Waals surface area contributed by atoms with Crippen LogP contribution in [0.1, 0.15) is 30.0 Å². The smallest absolute Gasteiger partial charge is 0.273 e. The maximum absolute atomic E-state index is 12.6. The molecule has 8 heteroatoms. The molecule has 4 rings (SSSR count). The molecular weight excluding hydrogens is 432 g/mol. The van der Waals surface area contributed by atoms with Crippen molar-refractivity contribution >= 4 is 33.0 Å². The first kappa shape index (κ1) is 21.4. The van der Waals surface area contributed by atoms with E-state index in [0.29, 0.717) is 11.4 Å². The summed E-state index contributed by atoms with van der Waals surface area (Å²) in [6.45, 7) is -0.0959. The van der Waals surface area contributed by atoms with Crippen LogP contribution < -0.4 is 14.4 Å². The summed E-state index contributed by atoms with van der Waals surface area (Å²) < 4.78 is 32.4. The van der Waals surface area contributed by atoms with E-state index in [1.807, 2.05) is 12.1 Å². The number of fused-ring (bicyclic) bond motifs is 1. The maximum atomic E-state index is 12.6. The fourth-order valence-corrected chi connectivity index (χ4v) is 6.08. The van der Waals surface area contributed by atoms with Gasteiger partial charge in [-0.15, -0.1) is 11.3 Å². The molecule has 1 atom stereocenters. The lowest BCUT2D eigenvalue weighted by atomic mass is 9.88. The Morgan fingerprint density at radius 1 is 1.13 bits per heavy atom. The third-order valence-electron chi connectivity index (χ3n) is 5.38. The van der Waals surface area contributed by atoms with Crippen LogP contribution in [0.15, 0.2) is 70.3 Å². The number of benzene rings is 2. The van der Waals surface area contributed by atoms with Crippen LogP contribution in [0.25, 0.3) is 0 Å². The zero-order valence-corrected chi connectivity index (χ0v) is 18.8. The van der Waals surface area contributed by atoms with Crippen molar-refractivity contribution in [1.82, 2.24) is 5.32 Å². The highest BCUT2D eigenvalue weighted by Gasteiger charge is 2.23. The van der Waals surface area contributed by atoms with Gasteiger partial charge in [0.2, 0.25) is 0 Å². The minimum atomic E-state index is -3.58. The molecule has 162 valence electrons. The summed E-state index contributed by atoms with van der Waals surface area (Å²) in [5, 5.41) is 4.79. The van der Waals surface area contributed by atoms with Gasteiger partial charge in [-0.3, -0.25) is 9.10 Å². The second kappa shape index (κ2) is 9.11. The van der Waals surface area contributed by atoms with Gasteiger partial charge in [0.05, 0.1) is 11.7 Å². The first-order chi connectivity index (χ1) is 14.9. The minimum absolute atomic E-state index is 0.0135. The molecule has 3 aromatic rings. The van der Waals surface area contributed by atoms with Crippen LogP contribution in [0.2, 0.25) is 0 Å². The Kier molecular flexibility index (Phi) is 6.29. The number of carbonyl (C=O) groups is 1. The van der Waals surface area contributed by atoms with Crippen LogP contribution in [0.3, 0.4) is 0 Å². The fraction of sp³-hybridized carbons (Fsp3) is 0.261. The van der Waals surface area contributed by atoms with Crippen LogP contribution in [0, 0.1) is 0 Å². The number of aryl methyl sites for hydroxylation is 1. The molecule has 0 saturated heterocycles. The number of anilines is 1. The Bertz CT molecular complexity index is 1140. The molecule has 1 N–H and O–H groups in total. The molecule has 1 aromatic heterocycles. The van der Waals surface area contributed by atoms with Gasteiger partial charge in [0, 0.05) is 7.05 Å². The number of carbonyl (C=O) groups excluding carboxylic acids is 1. The van der Waals surface area contributed by atoms with E-state index >= 15 is 0 Å². The van der Waals surface area contributed by atoms with Gasteiger partial charge in [-0.05, 0) is 66.1 Å². The summed E-state index contributed by atoms with van der Waals surface area (Å²) in [4.78, 5) is 12.4. The molecule has 1 unspecified atom stereocenters. The minimum Gasteiger partial charge on any atom is -0.484 e. The lowest BCUT2D eigenvalue weighted by Gasteiger charge is -2.26. The van der Waals surface area contributed by atoms with Gasteiger partial charge < -0.3 is 10.1 Å². The van der Waals surface area contributed by atoms with Gasteiger partial charge in [0.15, 0.2) is 6.61 Å². The third kappa shape index (κ3) is 4.75. The monoisotopic (exact) mass is 456 g/mol. The topological polar surface area (TPSA) is 75.7 Å². The number of nitrogens with one attached hydrogen (secondary N) is 1. The highest BCUT2D eigenvalue weighted by atomic mass is 32.2. The van der Waals surface area contributed by atoms with Gasteiger partial charge >= 0.3 is 0 Å². The van der Waals surface area contributed by atoms with Crippen molar-refractivity contribution in [2.24, 2.45) is 0 Å². The molecule has 6 nitrogen and oxygen atoms in total. The van der Waals surface area contributed by atoms with Crippen molar-refractivity contribution in [3.63, 3.8) is 0 Å². The molecule has 2 aromatic carbocycles. The number of hydrogen-bond acceptors (Lipinski definition) is 5. The molecule has 0 spiro atoms. The van der Waals surface area contributed by atoms with E-state index in [9.17, 15) is 13.2 Å². The van der Waals surface area contributed by atoms with Crippen molar-refractivity contribution in [3.05, 3.63) is 77.2 Å². The Balaban J connectivity index is 1.34. The highest BCUT2D eigenvalue weighted by Crippen LogP contribution is 2.29. The normalized spacial score (nSPS) is 15.7. The predicted molar refractivity (Wildman–Crippen MR) is 122 cm³/mol. The lowest BCUT2D eigenvalue weighted by molar-refractivity contribution is -0.123. The fourth-order valence-electron chi connectivity index (χ4n) is 3.73. The van der Waals surface area contributed by atoms with Crippen molar-refractivity contribution < 1.29 is 17.9 Å². The summed E-state index contributed by atoms with van der Waals surface area (Å²) in [5.41, 5.74) is 2.99. The van der Waals surface area contributed by atoms with E-state index in [4.69, 9.17) is 4.74 Å². The van der Waals surface area contributed by atoms with Crippen LogP contribution in [0.5, 0.6) is 5.75 Å². The quantitative estimate of drug-likeness (QED) is 0.580. The summed E-state index contributed by atoms with van der Waals surface area (Å²) in [7, 11) is -2.07. The van der Waals surface area contributed by atoms with E-state index < -0.39 is 10.0 Å². The third-order valence-corrected chi connectivity index (χ3v) is 8.54. The molecule has 0 bridgehead atoms. The zero-order chi connectivity index (χ0) is 21.8. The van der Waals surface area contributed by atoms with Crippen molar-refractivity contribution in [3.8, 4) is 5.75 Å². The van der Waals surface area contributed by atoms with Crippen LogP contribution >= 0.6 is 11.3 Å². The summed E-state index contributed by atoms with van der Waals surface area (Å²) in [6.07, 6.45) is 3.01. The number of hydrogen-bond donors (Lipinski definition) is 1. The predicted octanol–water partition coefficient (Wildman–Crippen LogP) is 4.15. The average molecular weight is 457 g/mol. The maximum Gasteiger partial charge on any atom is 0.273 e. The number of sulfonamides is 1. The summed E-state index contributed by atoms with van der Waals surface area (Å²) in [6, 6.07) is 18.2. The molecule has 0 saturated carbocycles. The summed E-state index contributed by atoms with van der Waals surface area (Å²) >= 11 is 1.18. The first-order valence-corrected chi connectivity index (χ1v) is 12.4. The molecule has 0 aliphatic heterocycles. The van der Waals surface area contributed by atoms with E-state index in [1.165, 1.54) is 33.8 Å². The molecule has 1 heterocycles. The average Bonchev–Trinajstić information content (AvgIpc) is 3.34. The van der Waals surface area contributed by atoms with Crippen molar-refractivity contribution in [1.29, 1.82) is 0 Å². The number of amides is 1. The number of ether oxygens (including phenoxy) is 1. The second-order valence-corrected chi connectivity index (χ2v) is 10.5. The van der Waals surface area contributed by atoms with Crippen LogP contribution in [0.4, 0.5) is 5.69 Å². The van der Waals surface area contributed by atoms with Gasteiger partial charge in [0.25, 0.3) is 15.9 Å². The largest absolute Gasteiger partial charge is 0.484 e. The zero-order valence-electron chi connectivity index (χ0n) is 17.2. The molecule has 1 amide bonds. The SMILES string of the molecule is CN(c1ccc(OCC(=O)NC2CCCc3ccccc32)cc1)S(=O)(=O)c1cccs1. The molecule has 1 aliphatic carbocycles. The first-order valence-electron chi connectivity index (χ1n) is 10.1. The van der Waals surface area contributed by atoms with E-state index in [2.05, 4.69) is 17.4 Å². The van der Waals surface area contributed by atoms with Gasteiger partial charge in [-0.25, -0.2) is 8.42 Å². The Hall–Kier alpha value is -2.84. The molecule has 0 radical (unpaired) electrons. The molecule has 0 fully saturated rings. The summed E-state index contributed by atoms with van der Waals surface area (Å²) in [5.74, 6) is 0.327. The second-order valence-electron chi connectivity index (χ2n) is 7.40. The highest BCUT2D eigenvalue weighted by molar-refractivity contribution is 7.94. The number of thiophene rings is 1. The van der Waals surface area contributed by atoms with Crippen molar-refractivity contribution in [2.45, 2.75) is 29.5 Å². The van der Waals surface area contributed by atoms with E-state index in [-0.39, 0.29) is 22.8 Å². The van der Waals surface area contributed by atoms with Gasteiger partial charge in [-0.2, -0.15) is 0 Å². The Labute approximate surface area is 186 Å². The molecule has 1 aliphatic rings. The lowest BCUT2D eigenvalue weighted by Crippen LogP contribution is -2.34.